The Morgan fingerprint density at radius 1 is 1.07 bits per heavy atom. The van der Waals surface area contributed by atoms with Gasteiger partial charge in [-0.15, -0.1) is 0 Å². The fraction of sp³-hybridized carbons (Fsp3) is 0.190. The van der Waals surface area contributed by atoms with E-state index < -0.39 is 5.97 Å². The summed E-state index contributed by atoms with van der Waals surface area (Å²) in [5.41, 5.74) is 2.30. The third kappa shape index (κ3) is 4.76. The van der Waals surface area contributed by atoms with Gasteiger partial charge in [-0.1, -0.05) is 18.2 Å². The zero-order valence-corrected chi connectivity index (χ0v) is 15.7. The van der Waals surface area contributed by atoms with E-state index in [2.05, 4.69) is 9.84 Å². The van der Waals surface area contributed by atoms with Crippen LogP contribution in [-0.2, 0) is 16.1 Å². The highest BCUT2D eigenvalue weighted by Gasteiger charge is 2.12. The molecular weight excluding hydrogens is 358 g/mol. The van der Waals surface area contributed by atoms with Gasteiger partial charge in [0.05, 0.1) is 24.6 Å². The Morgan fingerprint density at radius 2 is 1.79 bits per heavy atom. The maximum absolute atomic E-state index is 12.3. The number of ether oxygens (including phenoxy) is 2. The van der Waals surface area contributed by atoms with Crippen LogP contribution in [0.15, 0.2) is 67.0 Å². The first-order chi connectivity index (χ1) is 13.6. The molecule has 1 heterocycles. The minimum Gasteiger partial charge on any atom is -0.484 e. The van der Waals surface area contributed by atoms with Crippen molar-refractivity contribution in [1.82, 2.24) is 14.7 Å². The Balaban J connectivity index is 1.52. The van der Waals surface area contributed by atoms with Crippen molar-refractivity contribution in [1.29, 1.82) is 0 Å². The molecule has 0 radical (unpaired) electrons. The molecule has 3 aromatic rings. The minimum atomic E-state index is -0.418. The molecule has 2 aromatic carbocycles. The van der Waals surface area contributed by atoms with Gasteiger partial charge in [0, 0.05) is 25.4 Å². The lowest BCUT2D eigenvalue weighted by atomic mass is 10.2. The van der Waals surface area contributed by atoms with Crippen LogP contribution < -0.4 is 4.74 Å². The summed E-state index contributed by atoms with van der Waals surface area (Å²) in [5, 5.41) is 4.33. The lowest BCUT2D eigenvalue weighted by molar-refractivity contribution is -0.132. The topological polar surface area (TPSA) is 73.7 Å². The second kappa shape index (κ2) is 8.85. The summed E-state index contributed by atoms with van der Waals surface area (Å²) in [7, 11) is 3.04. The third-order valence-electron chi connectivity index (χ3n) is 4.14. The average molecular weight is 379 g/mol. The molecule has 28 heavy (non-hydrogen) atoms. The predicted molar refractivity (Wildman–Crippen MR) is 103 cm³/mol. The first kappa shape index (κ1) is 19.2. The molecule has 0 aliphatic carbocycles. The molecule has 1 aromatic heterocycles. The smallest absolute Gasteiger partial charge is 0.337 e. The van der Waals surface area contributed by atoms with E-state index in [1.165, 1.54) is 7.11 Å². The van der Waals surface area contributed by atoms with Crippen LogP contribution in [0, 0.1) is 0 Å². The molecule has 3 rings (SSSR count). The average Bonchev–Trinajstić information content (AvgIpc) is 3.21. The number of likely N-dealkylation sites (N-methyl/N-ethyl adjacent to an activating group) is 1. The molecule has 0 aliphatic rings. The molecule has 1 amide bonds. The highest BCUT2D eigenvalue weighted by molar-refractivity contribution is 5.89. The Kier molecular flexibility index (Phi) is 6.06. The van der Waals surface area contributed by atoms with E-state index in [9.17, 15) is 9.59 Å². The molecule has 7 heteroatoms. The first-order valence-electron chi connectivity index (χ1n) is 8.71. The van der Waals surface area contributed by atoms with E-state index in [1.54, 1.807) is 47.1 Å². The number of amides is 1. The van der Waals surface area contributed by atoms with E-state index in [4.69, 9.17) is 4.74 Å². The predicted octanol–water partition coefficient (Wildman–Crippen LogP) is 2.70. The van der Waals surface area contributed by atoms with Crippen LogP contribution in [0.4, 0.5) is 0 Å². The molecular formula is C21H21N3O4. The number of benzene rings is 2. The van der Waals surface area contributed by atoms with Crippen LogP contribution in [0.1, 0.15) is 15.9 Å². The zero-order valence-electron chi connectivity index (χ0n) is 15.7. The number of hydrogen-bond acceptors (Lipinski definition) is 5. The molecule has 0 aliphatic heterocycles. The number of para-hydroxylation sites is 1. The van der Waals surface area contributed by atoms with E-state index in [1.807, 2.05) is 36.5 Å². The van der Waals surface area contributed by atoms with Gasteiger partial charge in [-0.3, -0.25) is 4.79 Å². The summed E-state index contributed by atoms with van der Waals surface area (Å²) in [4.78, 5) is 25.3. The van der Waals surface area contributed by atoms with Crippen molar-refractivity contribution in [3.8, 4) is 11.4 Å². The van der Waals surface area contributed by atoms with Gasteiger partial charge < -0.3 is 14.4 Å². The monoisotopic (exact) mass is 379 g/mol. The van der Waals surface area contributed by atoms with Gasteiger partial charge in [-0.25, -0.2) is 9.48 Å². The third-order valence-corrected chi connectivity index (χ3v) is 4.14. The molecule has 144 valence electrons. The molecule has 0 atom stereocenters. The molecule has 0 spiro atoms. The van der Waals surface area contributed by atoms with Gasteiger partial charge in [0.25, 0.3) is 5.91 Å². The van der Waals surface area contributed by atoms with Crippen LogP contribution >= 0.6 is 0 Å². The van der Waals surface area contributed by atoms with E-state index in [-0.39, 0.29) is 12.5 Å². The molecule has 0 saturated heterocycles. The van der Waals surface area contributed by atoms with Crippen molar-refractivity contribution < 1.29 is 19.1 Å². The van der Waals surface area contributed by atoms with Crippen molar-refractivity contribution in [3.05, 3.63) is 78.1 Å². The highest BCUT2D eigenvalue weighted by Crippen LogP contribution is 2.13. The number of rotatable bonds is 7. The number of carbonyl (C=O) groups is 2. The maximum atomic E-state index is 12.3. The van der Waals surface area contributed by atoms with E-state index in [0.29, 0.717) is 17.9 Å². The van der Waals surface area contributed by atoms with Crippen LogP contribution in [0.3, 0.4) is 0 Å². The quantitative estimate of drug-likeness (QED) is 0.590. The Bertz CT molecular complexity index is 936. The lowest BCUT2D eigenvalue weighted by Gasteiger charge is -2.16. The van der Waals surface area contributed by atoms with Gasteiger partial charge in [0.1, 0.15) is 5.75 Å². The summed E-state index contributed by atoms with van der Waals surface area (Å²) in [6, 6.07) is 16.2. The summed E-state index contributed by atoms with van der Waals surface area (Å²) in [6.45, 7) is 0.331. The number of esters is 1. The summed E-state index contributed by atoms with van der Waals surface area (Å²) >= 11 is 0. The van der Waals surface area contributed by atoms with Gasteiger partial charge in [0.15, 0.2) is 6.61 Å². The van der Waals surface area contributed by atoms with Gasteiger partial charge in [-0.2, -0.15) is 5.10 Å². The second-order valence-electron chi connectivity index (χ2n) is 6.18. The number of methoxy groups -OCH3 is 1. The number of hydrogen-bond donors (Lipinski definition) is 0. The minimum absolute atomic E-state index is 0.0963. The first-order valence-corrected chi connectivity index (χ1v) is 8.71. The summed E-state index contributed by atoms with van der Waals surface area (Å²) in [5.74, 6) is -0.0748. The van der Waals surface area contributed by atoms with Gasteiger partial charge in [0.2, 0.25) is 0 Å². The molecule has 7 nitrogen and oxygen atoms in total. The van der Waals surface area contributed by atoms with Crippen molar-refractivity contribution in [2.45, 2.75) is 6.54 Å². The molecule has 0 unspecified atom stereocenters. The Morgan fingerprint density at radius 3 is 2.46 bits per heavy atom. The normalized spacial score (nSPS) is 10.4. The van der Waals surface area contributed by atoms with Crippen molar-refractivity contribution in [3.63, 3.8) is 0 Å². The highest BCUT2D eigenvalue weighted by atomic mass is 16.5. The number of carbonyl (C=O) groups excluding carboxylic acids is 2. The van der Waals surface area contributed by atoms with Gasteiger partial charge in [-0.05, 0) is 36.4 Å². The van der Waals surface area contributed by atoms with Crippen molar-refractivity contribution >= 4 is 11.9 Å². The number of nitrogens with zero attached hydrogens (tertiary/aromatic N) is 3. The Labute approximate surface area is 163 Å². The molecule has 0 N–H and O–H groups in total. The van der Waals surface area contributed by atoms with E-state index >= 15 is 0 Å². The second-order valence-corrected chi connectivity index (χ2v) is 6.18. The summed E-state index contributed by atoms with van der Waals surface area (Å²) < 4.78 is 11.9. The van der Waals surface area contributed by atoms with Crippen LogP contribution in [-0.4, -0.2) is 47.3 Å². The van der Waals surface area contributed by atoms with Crippen LogP contribution in [0.25, 0.3) is 5.69 Å². The fourth-order valence-electron chi connectivity index (χ4n) is 2.59. The lowest BCUT2D eigenvalue weighted by Crippen LogP contribution is -2.30. The van der Waals surface area contributed by atoms with Crippen molar-refractivity contribution in [2.75, 3.05) is 20.8 Å². The molecule has 0 saturated carbocycles. The van der Waals surface area contributed by atoms with E-state index in [0.717, 1.165) is 11.3 Å². The largest absolute Gasteiger partial charge is 0.484 e. The number of aromatic nitrogens is 2. The fourth-order valence-corrected chi connectivity index (χ4v) is 2.59. The van der Waals surface area contributed by atoms with Crippen LogP contribution in [0.5, 0.6) is 5.75 Å². The standard InChI is InChI=1S/C21H21N3O4/c1-23(13-16-12-22-24(14-16)18-6-4-3-5-7-18)20(25)15-28-19-10-8-17(9-11-19)21(26)27-2/h3-12,14H,13,15H2,1-2H3. The molecule has 0 fully saturated rings. The maximum Gasteiger partial charge on any atom is 0.337 e. The van der Waals surface area contributed by atoms with Crippen LogP contribution in [0.2, 0.25) is 0 Å². The summed E-state index contributed by atoms with van der Waals surface area (Å²) in [6.07, 6.45) is 3.63. The zero-order chi connectivity index (χ0) is 19.9. The Hall–Kier alpha value is -3.61. The molecule has 0 bridgehead atoms. The van der Waals surface area contributed by atoms with Gasteiger partial charge >= 0.3 is 5.97 Å². The SMILES string of the molecule is COC(=O)c1ccc(OCC(=O)N(C)Cc2cnn(-c3ccccc3)c2)cc1. The van der Waals surface area contributed by atoms with Crippen molar-refractivity contribution in [2.24, 2.45) is 0 Å².